The summed E-state index contributed by atoms with van der Waals surface area (Å²) >= 11 is 0. The molecule has 2 atom stereocenters. The van der Waals surface area contributed by atoms with E-state index < -0.39 is 0 Å². The Balaban J connectivity index is 1.71. The quantitative estimate of drug-likeness (QED) is 0.609. The van der Waals surface area contributed by atoms with E-state index in [2.05, 4.69) is 5.32 Å². The molecule has 0 saturated heterocycles. The molecule has 0 heterocycles. The van der Waals surface area contributed by atoms with Gasteiger partial charge in [-0.1, -0.05) is 0 Å². The first-order chi connectivity index (χ1) is 6.76. The second kappa shape index (κ2) is 4.17. The van der Waals surface area contributed by atoms with Crippen LogP contribution in [0.5, 0.6) is 0 Å². The fraction of sp³-hybridized carbons (Fsp3) is 1.00. The summed E-state index contributed by atoms with van der Waals surface area (Å²) in [6, 6.07) is 0.311. The summed E-state index contributed by atoms with van der Waals surface area (Å²) in [5, 5.41) is 22.0. The van der Waals surface area contributed by atoms with Crippen molar-refractivity contribution in [3.8, 4) is 0 Å². The molecule has 2 aliphatic rings. The van der Waals surface area contributed by atoms with Gasteiger partial charge in [-0.3, -0.25) is 0 Å². The molecule has 2 fully saturated rings. The van der Waals surface area contributed by atoms with Crippen LogP contribution in [0.2, 0.25) is 0 Å². The van der Waals surface area contributed by atoms with Gasteiger partial charge in [-0.25, -0.2) is 0 Å². The minimum atomic E-state index is -0.139. The summed E-state index contributed by atoms with van der Waals surface area (Å²) in [4.78, 5) is 0. The molecule has 0 aromatic heterocycles. The van der Waals surface area contributed by atoms with Gasteiger partial charge in [0.2, 0.25) is 0 Å². The molecular weight excluding hydrogens is 178 g/mol. The molecule has 3 N–H and O–H groups in total. The van der Waals surface area contributed by atoms with Gasteiger partial charge in [-0.05, 0) is 43.9 Å². The van der Waals surface area contributed by atoms with Crippen LogP contribution in [0.3, 0.4) is 0 Å². The first kappa shape index (κ1) is 10.4. The van der Waals surface area contributed by atoms with Crippen molar-refractivity contribution in [3.63, 3.8) is 0 Å². The van der Waals surface area contributed by atoms with E-state index in [0.29, 0.717) is 18.1 Å². The highest BCUT2D eigenvalue weighted by atomic mass is 16.3. The van der Waals surface area contributed by atoms with Crippen LogP contribution in [0, 0.1) is 5.41 Å². The zero-order chi connectivity index (χ0) is 10.0. The fourth-order valence-corrected chi connectivity index (χ4v) is 2.46. The van der Waals surface area contributed by atoms with Crippen LogP contribution in [0.25, 0.3) is 0 Å². The molecule has 0 aromatic carbocycles. The van der Waals surface area contributed by atoms with Gasteiger partial charge >= 0.3 is 0 Å². The normalized spacial score (nSPS) is 34.7. The Kier molecular flexibility index (Phi) is 3.10. The summed E-state index contributed by atoms with van der Waals surface area (Å²) in [6.07, 6.45) is 6.46. The van der Waals surface area contributed by atoms with Gasteiger partial charge < -0.3 is 15.5 Å². The van der Waals surface area contributed by atoms with Gasteiger partial charge in [0, 0.05) is 19.2 Å². The van der Waals surface area contributed by atoms with Crippen molar-refractivity contribution < 1.29 is 10.2 Å². The average Bonchev–Trinajstić information content (AvgIpc) is 2.81. The lowest BCUT2D eigenvalue weighted by atomic mass is 10.0. The molecule has 2 rings (SSSR count). The topological polar surface area (TPSA) is 52.5 Å². The van der Waals surface area contributed by atoms with Crippen molar-refractivity contribution in [2.24, 2.45) is 5.41 Å². The maximum atomic E-state index is 9.62. The minimum absolute atomic E-state index is 0.139. The summed E-state index contributed by atoms with van der Waals surface area (Å²) in [5.74, 6) is 0. The van der Waals surface area contributed by atoms with E-state index in [0.717, 1.165) is 32.2 Å². The number of hydrogen-bond acceptors (Lipinski definition) is 3. The molecule has 2 aliphatic carbocycles. The van der Waals surface area contributed by atoms with Crippen molar-refractivity contribution >= 4 is 0 Å². The van der Waals surface area contributed by atoms with E-state index in [1.54, 1.807) is 0 Å². The Labute approximate surface area is 85.5 Å². The highest BCUT2D eigenvalue weighted by Gasteiger charge is 2.42. The molecule has 0 radical (unpaired) electrons. The molecule has 0 bridgehead atoms. The zero-order valence-corrected chi connectivity index (χ0v) is 8.71. The Bertz CT molecular complexity index is 192. The van der Waals surface area contributed by atoms with Gasteiger partial charge in [-0.15, -0.1) is 0 Å². The summed E-state index contributed by atoms with van der Waals surface area (Å²) in [5.41, 5.74) is 0.372. The third-order valence-corrected chi connectivity index (χ3v) is 3.82. The molecule has 82 valence electrons. The van der Waals surface area contributed by atoms with Crippen LogP contribution < -0.4 is 5.32 Å². The zero-order valence-electron chi connectivity index (χ0n) is 8.71. The molecule has 0 spiro atoms. The molecule has 3 nitrogen and oxygen atoms in total. The predicted molar refractivity (Wildman–Crippen MR) is 55.0 cm³/mol. The van der Waals surface area contributed by atoms with E-state index in [1.807, 2.05) is 0 Å². The van der Waals surface area contributed by atoms with Crippen molar-refractivity contribution in [1.29, 1.82) is 0 Å². The smallest absolute Gasteiger partial charge is 0.0693 e. The monoisotopic (exact) mass is 199 g/mol. The molecule has 0 aromatic rings. The molecule has 14 heavy (non-hydrogen) atoms. The highest BCUT2D eigenvalue weighted by molar-refractivity contribution is 4.96. The van der Waals surface area contributed by atoms with Crippen molar-refractivity contribution in [1.82, 2.24) is 5.32 Å². The Morgan fingerprint density at radius 2 is 2.07 bits per heavy atom. The summed E-state index contributed by atoms with van der Waals surface area (Å²) < 4.78 is 0. The maximum Gasteiger partial charge on any atom is 0.0693 e. The Morgan fingerprint density at radius 1 is 1.29 bits per heavy atom. The van der Waals surface area contributed by atoms with Crippen molar-refractivity contribution in [2.45, 2.75) is 50.7 Å². The average molecular weight is 199 g/mol. The molecule has 3 heteroatoms. The van der Waals surface area contributed by atoms with Crippen molar-refractivity contribution in [2.75, 3.05) is 13.2 Å². The van der Waals surface area contributed by atoms with Crippen LogP contribution in [0.4, 0.5) is 0 Å². The van der Waals surface area contributed by atoms with E-state index in [-0.39, 0.29) is 6.10 Å². The third-order valence-electron chi connectivity index (χ3n) is 3.82. The van der Waals surface area contributed by atoms with Gasteiger partial charge in [0.05, 0.1) is 6.10 Å². The van der Waals surface area contributed by atoms with E-state index in [1.165, 1.54) is 12.8 Å². The molecular formula is C11H21NO2. The number of aliphatic hydroxyl groups is 2. The number of aliphatic hydroxyl groups excluding tert-OH is 2. The van der Waals surface area contributed by atoms with E-state index in [9.17, 15) is 5.11 Å². The van der Waals surface area contributed by atoms with Gasteiger partial charge in [0.15, 0.2) is 0 Å². The van der Waals surface area contributed by atoms with Gasteiger partial charge in [-0.2, -0.15) is 0 Å². The standard InChI is InChI=1S/C11H21NO2/c13-7-6-11(4-5-11)8-12-9-2-1-3-10(9)14/h9-10,12-14H,1-8H2/t9-,10-/m1/s1. The van der Waals surface area contributed by atoms with E-state index >= 15 is 0 Å². The second-order valence-corrected chi connectivity index (χ2v) is 4.96. The van der Waals surface area contributed by atoms with E-state index in [4.69, 9.17) is 5.11 Å². The van der Waals surface area contributed by atoms with Crippen LogP contribution in [0.1, 0.15) is 38.5 Å². The van der Waals surface area contributed by atoms with Crippen LogP contribution in [-0.4, -0.2) is 35.5 Å². The fourth-order valence-electron chi connectivity index (χ4n) is 2.46. The lowest BCUT2D eigenvalue weighted by molar-refractivity contribution is 0.143. The lowest BCUT2D eigenvalue weighted by Gasteiger charge is -2.21. The predicted octanol–water partition coefficient (Wildman–Crippen LogP) is 0.652. The summed E-state index contributed by atoms with van der Waals surface area (Å²) in [6.45, 7) is 1.28. The number of hydrogen-bond donors (Lipinski definition) is 3. The van der Waals surface area contributed by atoms with Gasteiger partial charge in [0.1, 0.15) is 0 Å². The molecule has 0 amide bonds. The van der Waals surface area contributed by atoms with Gasteiger partial charge in [0.25, 0.3) is 0 Å². The number of nitrogens with one attached hydrogen (secondary N) is 1. The Hall–Kier alpha value is -0.120. The molecule has 0 aliphatic heterocycles. The lowest BCUT2D eigenvalue weighted by Crippen LogP contribution is -2.39. The first-order valence-corrected chi connectivity index (χ1v) is 5.78. The summed E-state index contributed by atoms with van der Waals surface area (Å²) in [7, 11) is 0. The molecule has 2 saturated carbocycles. The SMILES string of the molecule is OCCC1(CN[C@@H]2CCC[C@H]2O)CC1. The molecule has 0 unspecified atom stereocenters. The largest absolute Gasteiger partial charge is 0.396 e. The van der Waals surface area contributed by atoms with Crippen molar-refractivity contribution in [3.05, 3.63) is 0 Å². The van der Waals surface area contributed by atoms with Crippen LogP contribution in [0.15, 0.2) is 0 Å². The van der Waals surface area contributed by atoms with Crippen LogP contribution >= 0.6 is 0 Å². The second-order valence-electron chi connectivity index (χ2n) is 4.96. The third kappa shape index (κ3) is 2.27. The minimum Gasteiger partial charge on any atom is -0.396 e. The number of rotatable bonds is 5. The Morgan fingerprint density at radius 3 is 2.57 bits per heavy atom. The first-order valence-electron chi connectivity index (χ1n) is 5.78. The van der Waals surface area contributed by atoms with Crippen LogP contribution in [-0.2, 0) is 0 Å². The maximum absolute atomic E-state index is 9.62. The highest BCUT2D eigenvalue weighted by Crippen LogP contribution is 2.48.